The zero-order valence-electron chi connectivity index (χ0n) is 15.9. The molecule has 0 fully saturated rings. The molecule has 0 nitrogen and oxygen atoms in total. The summed E-state index contributed by atoms with van der Waals surface area (Å²) in [5.74, 6) is 0. The standard InChI is InChI=1S/C16H40As4P/c1-9-17(10-2)21(18(11-3)12-4,19(13-5)14-6)20(15-7)16-8/h9-16H2,1-8H3/q+1. The SMILES string of the molecule is CC[As](CC)[P+]([As](CC)CC)([As](CC)CC)[As](CC)CC. The molecule has 0 bridgehead atoms. The zero-order chi connectivity index (χ0) is 16.5. The second-order valence-electron chi connectivity index (χ2n) is 5.09. The zero-order valence-corrected chi connectivity index (χ0v) is 24.3. The van der Waals surface area contributed by atoms with E-state index in [9.17, 15) is 0 Å². The molecule has 21 heavy (non-hydrogen) atoms. The van der Waals surface area contributed by atoms with Crippen LogP contribution in [0.3, 0.4) is 0 Å². The van der Waals surface area contributed by atoms with Crippen molar-refractivity contribution in [2.75, 3.05) is 0 Å². The fourth-order valence-electron chi connectivity index (χ4n) is 3.49. The molecule has 0 unspecified atom stereocenters. The molecule has 0 N–H and O–H groups in total. The van der Waals surface area contributed by atoms with Crippen molar-refractivity contribution in [2.24, 2.45) is 0 Å². The van der Waals surface area contributed by atoms with Crippen molar-refractivity contribution in [3.63, 3.8) is 0 Å². The quantitative estimate of drug-likeness (QED) is 0.175. The van der Waals surface area contributed by atoms with Crippen molar-refractivity contribution in [3.8, 4) is 0 Å². The molecule has 0 aromatic carbocycles. The number of hydrogen-bond acceptors (Lipinski definition) is 0. The Balaban J connectivity index is 6.15. The van der Waals surface area contributed by atoms with Crippen LogP contribution in [0.25, 0.3) is 0 Å². The van der Waals surface area contributed by atoms with E-state index in [0.29, 0.717) is 0 Å². The van der Waals surface area contributed by atoms with Gasteiger partial charge in [-0.3, -0.25) is 0 Å². The van der Waals surface area contributed by atoms with E-state index in [4.69, 9.17) is 0 Å². The van der Waals surface area contributed by atoms with Crippen LogP contribution in [0.2, 0.25) is 41.7 Å². The predicted octanol–water partition coefficient (Wildman–Crippen LogP) is 7.13. The Bertz CT molecular complexity index is 193. The van der Waals surface area contributed by atoms with E-state index in [-0.39, 0.29) is 1.50 Å². The van der Waals surface area contributed by atoms with Gasteiger partial charge in [-0.25, -0.2) is 0 Å². The summed E-state index contributed by atoms with van der Waals surface area (Å²) in [7, 11) is 0. The van der Waals surface area contributed by atoms with Crippen LogP contribution in [-0.4, -0.2) is 56.8 Å². The third-order valence-corrected chi connectivity index (χ3v) is 150. The molecular formula is C16H40As4P+. The molecule has 0 saturated carbocycles. The van der Waals surface area contributed by atoms with E-state index < -0.39 is 56.8 Å². The van der Waals surface area contributed by atoms with Crippen molar-refractivity contribution in [2.45, 2.75) is 97.1 Å². The molecular weight excluding hydrogens is 523 g/mol. The first-order chi connectivity index (χ1) is 10.1. The Morgan fingerprint density at radius 1 is 0.381 bits per heavy atom. The van der Waals surface area contributed by atoms with Crippen molar-refractivity contribution in [1.82, 2.24) is 0 Å². The summed E-state index contributed by atoms with van der Waals surface area (Å²) >= 11 is -1.99. The molecule has 0 aliphatic rings. The topological polar surface area (TPSA) is 0 Å². The van der Waals surface area contributed by atoms with Crippen LogP contribution in [0.5, 0.6) is 0 Å². The van der Waals surface area contributed by atoms with Gasteiger partial charge in [-0.1, -0.05) is 0 Å². The fourth-order valence-corrected chi connectivity index (χ4v) is 215. The van der Waals surface area contributed by atoms with Crippen LogP contribution < -0.4 is 0 Å². The average molecular weight is 563 g/mol. The van der Waals surface area contributed by atoms with Gasteiger partial charge in [-0.15, -0.1) is 0 Å². The molecule has 0 aromatic heterocycles. The summed E-state index contributed by atoms with van der Waals surface area (Å²) in [5, 5.41) is 13.3. The molecule has 0 aromatic rings. The Labute approximate surface area is 154 Å². The van der Waals surface area contributed by atoms with Crippen LogP contribution in [0.15, 0.2) is 0 Å². The summed E-state index contributed by atoms with van der Waals surface area (Å²) in [6, 6.07) is 0. The number of hydrogen-bond donors (Lipinski definition) is 0. The molecule has 0 amide bonds. The molecule has 0 heterocycles. The first-order valence-corrected chi connectivity index (χ1v) is 31.3. The molecule has 0 aliphatic heterocycles. The van der Waals surface area contributed by atoms with Gasteiger partial charge in [0.15, 0.2) is 0 Å². The summed E-state index contributed by atoms with van der Waals surface area (Å²) in [6.45, 7) is 20.8. The van der Waals surface area contributed by atoms with Gasteiger partial charge in [0.1, 0.15) is 0 Å². The van der Waals surface area contributed by atoms with Crippen molar-refractivity contribution >= 4 is 58.3 Å². The normalized spacial score (nSPS) is 13.1. The van der Waals surface area contributed by atoms with Gasteiger partial charge in [0.05, 0.1) is 0 Å². The van der Waals surface area contributed by atoms with Crippen molar-refractivity contribution < 1.29 is 0 Å². The molecule has 0 aliphatic carbocycles. The second-order valence-corrected chi connectivity index (χ2v) is 78.9. The fraction of sp³-hybridized carbons (Fsp3) is 1.00. The summed E-state index contributed by atoms with van der Waals surface area (Å²) in [6.07, 6.45) is 0. The molecule has 128 valence electrons. The average Bonchev–Trinajstić information content (AvgIpc) is 2.51. The molecule has 0 radical (unpaired) electrons. The van der Waals surface area contributed by atoms with Crippen LogP contribution >= 0.6 is 1.50 Å². The van der Waals surface area contributed by atoms with Gasteiger partial charge in [-0.2, -0.15) is 0 Å². The minimum absolute atomic E-state index is 0.353. The van der Waals surface area contributed by atoms with Gasteiger partial charge in [0.2, 0.25) is 0 Å². The van der Waals surface area contributed by atoms with Crippen LogP contribution in [0, 0.1) is 0 Å². The van der Waals surface area contributed by atoms with Gasteiger partial charge >= 0.3 is 155 Å². The van der Waals surface area contributed by atoms with Crippen LogP contribution in [-0.2, 0) is 0 Å². The monoisotopic (exact) mass is 563 g/mol. The van der Waals surface area contributed by atoms with E-state index in [1.54, 1.807) is 41.7 Å². The Hall–Kier alpha value is 2.66. The Morgan fingerprint density at radius 2 is 0.524 bits per heavy atom. The summed E-state index contributed by atoms with van der Waals surface area (Å²) < 4.78 is -0.353. The van der Waals surface area contributed by atoms with Gasteiger partial charge in [-0.05, 0) is 0 Å². The second kappa shape index (κ2) is 12.9. The van der Waals surface area contributed by atoms with E-state index in [1.165, 1.54) is 0 Å². The predicted molar refractivity (Wildman–Crippen MR) is 114 cm³/mol. The van der Waals surface area contributed by atoms with E-state index in [0.717, 1.165) is 0 Å². The summed E-state index contributed by atoms with van der Waals surface area (Å²) in [4.78, 5) is 0. The van der Waals surface area contributed by atoms with E-state index in [2.05, 4.69) is 55.4 Å². The van der Waals surface area contributed by atoms with Crippen LogP contribution in [0.4, 0.5) is 0 Å². The minimum atomic E-state index is -0.498. The third kappa shape index (κ3) is 5.32. The molecule has 0 rings (SSSR count). The van der Waals surface area contributed by atoms with Crippen LogP contribution in [0.1, 0.15) is 55.4 Å². The molecule has 0 saturated heterocycles. The Kier molecular flexibility index (Phi) is 14.6. The first kappa shape index (κ1) is 23.7. The first-order valence-electron chi connectivity index (χ1n) is 8.99. The Morgan fingerprint density at radius 3 is 0.619 bits per heavy atom. The van der Waals surface area contributed by atoms with Crippen molar-refractivity contribution in [3.05, 3.63) is 0 Å². The van der Waals surface area contributed by atoms with Crippen molar-refractivity contribution in [1.29, 1.82) is 0 Å². The molecule has 0 atom stereocenters. The molecule has 5 heteroatoms. The maximum atomic E-state index is 2.60. The third-order valence-electron chi connectivity index (χ3n) is 4.44. The van der Waals surface area contributed by atoms with Gasteiger partial charge < -0.3 is 0 Å². The number of rotatable bonds is 12. The van der Waals surface area contributed by atoms with Gasteiger partial charge in [0.25, 0.3) is 0 Å². The van der Waals surface area contributed by atoms with E-state index in [1.807, 2.05) is 0 Å². The van der Waals surface area contributed by atoms with E-state index >= 15 is 0 Å². The maximum absolute atomic E-state index is 2.60. The molecule has 0 spiro atoms. The summed E-state index contributed by atoms with van der Waals surface area (Å²) in [5.41, 5.74) is 0. The van der Waals surface area contributed by atoms with Gasteiger partial charge in [0, 0.05) is 0 Å².